The Hall–Kier alpha value is -2.85. The lowest BCUT2D eigenvalue weighted by molar-refractivity contribution is 0.158. The number of rotatable bonds is 3. The first-order valence-corrected chi connectivity index (χ1v) is 9.79. The predicted molar refractivity (Wildman–Crippen MR) is 110 cm³/mol. The molecule has 0 N–H and O–H groups in total. The average Bonchev–Trinajstić information content (AvgIpc) is 2.76. The Morgan fingerprint density at radius 3 is 2.50 bits per heavy atom. The smallest absolute Gasteiger partial charge is 0.161 e. The van der Waals surface area contributed by atoms with Gasteiger partial charge in [0, 0.05) is 43.0 Å². The fourth-order valence-electron chi connectivity index (χ4n) is 4.56. The number of hydrogen-bond donors (Lipinski definition) is 0. The highest BCUT2D eigenvalue weighted by Crippen LogP contribution is 2.42. The van der Waals surface area contributed by atoms with E-state index < -0.39 is 0 Å². The van der Waals surface area contributed by atoms with Crippen molar-refractivity contribution in [3.63, 3.8) is 0 Å². The molecule has 1 aromatic heterocycles. The van der Waals surface area contributed by atoms with E-state index in [0.29, 0.717) is 6.04 Å². The van der Waals surface area contributed by atoms with Crippen LogP contribution in [0.15, 0.2) is 54.7 Å². The van der Waals surface area contributed by atoms with Crippen molar-refractivity contribution in [1.29, 1.82) is 0 Å². The molecule has 4 nitrogen and oxygen atoms in total. The molecule has 2 aromatic carbocycles. The molecule has 28 heavy (non-hydrogen) atoms. The van der Waals surface area contributed by atoms with Gasteiger partial charge in [-0.3, -0.25) is 9.88 Å². The molecule has 1 atom stereocenters. The van der Waals surface area contributed by atoms with Crippen LogP contribution in [-0.2, 0) is 19.4 Å². The van der Waals surface area contributed by atoms with Crippen molar-refractivity contribution >= 4 is 0 Å². The molecule has 0 bridgehead atoms. The molecule has 3 aromatic rings. The molecule has 0 saturated heterocycles. The molecule has 3 heterocycles. The fourth-order valence-corrected chi connectivity index (χ4v) is 4.56. The quantitative estimate of drug-likeness (QED) is 0.682. The number of benzene rings is 2. The number of hydrogen-bond acceptors (Lipinski definition) is 4. The van der Waals surface area contributed by atoms with Crippen molar-refractivity contribution in [2.75, 3.05) is 20.8 Å². The highest BCUT2D eigenvalue weighted by atomic mass is 16.5. The van der Waals surface area contributed by atoms with Gasteiger partial charge in [0.15, 0.2) is 11.5 Å². The highest BCUT2D eigenvalue weighted by molar-refractivity contribution is 5.63. The van der Waals surface area contributed by atoms with Crippen molar-refractivity contribution in [3.05, 3.63) is 77.1 Å². The molecule has 4 heteroatoms. The summed E-state index contributed by atoms with van der Waals surface area (Å²) in [7, 11) is 3.40. The maximum absolute atomic E-state index is 5.56. The summed E-state index contributed by atoms with van der Waals surface area (Å²) in [5.74, 6) is 1.62. The lowest BCUT2D eigenvalue weighted by Crippen LogP contribution is -2.39. The van der Waals surface area contributed by atoms with Crippen molar-refractivity contribution < 1.29 is 9.47 Å². The first kappa shape index (κ1) is 17.3. The van der Waals surface area contributed by atoms with Crippen LogP contribution in [0.5, 0.6) is 11.5 Å². The third kappa shape index (κ3) is 2.85. The summed E-state index contributed by atoms with van der Waals surface area (Å²) in [4.78, 5) is 7.43. The van der Waals surface area contributed by atoms with Crippen LogP contribution in [0.25, 0.3) is 11.1 Å². The van der Waals surface area contributed by atoms with Crippen molar-refractivity contribution in [1.82, 2.24) is 9.88 Å². The zero-order valence-electron chi connectivity index (χ0n) is 16.3. The summed E-state index contributed by atoms with van der Waals surface area (Å²) in [5.41, 5.74) is 7.69. The van der Waals surface area contributed by atoms with Crippen LogP contribution in [0, 0.1) is 0 Å². The van der Waals surface area contributed by atoms with Crippen LogP contribution in [0.1, 0.15) is 28.4 Å². The van der Waals surface area contributed by atoms with Gasteiger partial charge in [0.1, 0.15) is 0 Å². The number of methoxy groups -OCH3 is 2. The van der Waals surface area contributed by atoms with Gasteiger partial charge in [-0.15, -0.1) is 0 Å². The lowest BCUT2D eigenvalue weighted by Gasteiger charge is -2.41. The average molecular weight is 372 g/mol. The van der Waals surface area contributed by atoms with Gasteiger partial charge in [0.05, 0.1) is 14.2 Å². The molecule has 0 saturated carbocycles. The second-order valence-electron chi connectivity index (χ2n) is 7.54. The third-order valence-corrected chi connectivity index (χ3v) is 6.04. The molecule has 0 amide bonds. The predicted octanol–water partition coefficient (Wildman–Crippen LogP) is 4.42. The van der Waals surface area contributed by atoms with E-state index in [2.05, 4.69) is 47.4 Å². The third-order valence-electron chi connectivity index (χ3n) is 6.04. The number of nitrogens with zero attached hydrogens (tertiary/aromatic N) is 2. The molecule has 5 rings (SSSR count). The molecule has 0 aliphatic carbocycles. The van der Waals surface area contributed by atoms with Gasteiger partial charge in [0.25, 0.3) is 0 Å². The summed E-state index contributed by atoms with van der Waals surface area (Å²) < 4.78 is 11.1. The molecular weight excluding hydrogens is 348 g/mol. The van der Waals surface area contributed by atoms with Crippen LogP contribution in [-0.4, -0.2) is 30.6 Å². The summed E-state index contributed by atoms with van der Waals surface area (Å²) >= 11 is 0. The SMILES string of the molecule is COc1cc2c(cc1OC)[C@H]1Cc3ncc(-c4ccccc4)cc3CN1CC2. The maximum atomic E-state index is 5.56. The number of ether oxygens (including phenoxy) is 2. The van der Waals surface area contributed by atoms with E-state index in [1.54, 1.807) is 14.2 Å². The Bertz CT molecular complexity index is 1020. The van der Waals surface area contributed by atoms with Crippen molar-refractivity contribution in [2.24, 2.45) is 0 Å². The fraction of sp³-hybridized carbons (Fsp3) is 0.292. The Balaban J connectivity index is 1.51. The molecule has 2 aliphatic heterocycles. The van der Waals surface area contributed by atoms with E-state index in [1.807, 2.05) is 12.3 Å². The van der Waals surface area contributed by atoms with E-state index in [1.165, 1.54) is 33.5 Å². The van der Waals surface area contributed by atoms with Crippen LogP contribution in [0.2, 0.25) is 0 Å². The van der Waals surface area contributed by atoms with E-state index >= 15 is 0 Å². The Morgan fingerprint density at radius 1 is 0.929 bits per heavy atom. The monoisotopic (exact) mass is 372 g/mol. The second kappa shape index (κ2) is 6.95. The summed E-state index contributed by atoms with van der Waals surface area (Å²) in [5, 5.41) is 0. The largest absolute Gasteiger partial charge is 0.493 e. The Kier molecular flexibility index (Phi) is 4.29. The van der Waals surface area contributed by atoms with Crippen LogP contribution < -0.4 is 9.47 Å². The number of aromatic nitrogens is 1. The first-order chi connectivity index (χ1) is 13.8. The molecule has 0 fully saturated rings. The van der Waals surface area contributed by atoms with Gasteiger partial charge >= 0.3 is 0 Å². The molecule has 0 unspecified atom stereocenters. The second-order valence-corrected chi connectivity index (χ2v) is 7.54. The van der Waals surface area contributed by atoms with Crippen molar-refractivity contribution in [3.8, 4) is 22.6 Å². The van der Waals surface area contributed by atoms with Gasteiger partial charge < -0.3 is 9.47 Å². The van der Waals surface area contributed by atoms with Crippen LogP contribution in [0.3, 0.4) is 0 Å². The van der Waals surface area contributed by atoms with Crippen LogP contribution in [0.4, 0.5) is 0 Å². The highest BCUT2D eigenvalue weighted by Gasteiger charge is 2.33. The van der Waals surface area contributed by atoms with E-state index in [0.717, 1.165) is 37.4 Å². The number of pyridine rings is 1. The first-order valence-electron chi connectivity index (χ1n) is 9.79. The van der Waals surface area contributed by atoms with Gasteiger partial charge in [-0.2, -0.15) is 0 Å². The van der Waals surface area contributed by atoms with E-state index in [-0.39, 0.29) is 0 Å². The standard InChI is InChI=1S/C24H24N2O2/c1-27-23-11-17-8-9-26-15-19-10-18(16-6-4-3-5-7-16)14-25-21(19)13-22(26)20(17)12-24(23)28-2/h3-7,10-12,14,22H,8-9,13,15H2,1-2H3/t22-/m1/s1. The molecule has 0 spiro atoms. The molecule has 142 valence electrons. The summed E-state index contributed by atoms with van der Waals surface area (Å²) in [6.45, 7) is 2.00. The van der Waals surface area contributed by atoms with E-state index in [9.17, 15) is 0 Å². The minimum atomic E-state index is 0.353. The summed E-state index contributed by atoms with van der Waals surface area (Å²) in [6, 6.07) is 17.5. The molecule has 2 aliphatic rings. The zero-order chi connectivity index (χ0) is 19.1. The van der Waals surface area contributed by atoms with Gasteiger partial charge in [-0.05, 0) is 46.9 Å². The minimum absolute atomic E-state index is 0.353. The topological polar surface area (TPSA) is 34.6 Å². The van der Waals surface area contributed by atoms with Crippen molar-refractivity contribution in [2.45, 2.75) is 25.4 Å². The van der Waals surface area contributed by atoms with Gasteiger partial charge in [-0.1, -0.05) is 30.3 Å². The number of fused-ring (bicyclic) bond motifs is 4. The Labute approximate surface area is 165 Å². The molecule has 0 radical (unpaired) electrons. The maximum Gasteiger partial charge on any atom is 0.161 e. The Morgan fingerprint density at radius 2 is 1.71 bits per heavy atom. The minimum Gasteiger partial charge on any atom is -0.493 e. The van der Waals surface area contributed by atoms with Gasteiger partial charge in [0.2, 0.25) is 0 Å². The lowest BCUT2D eigenvalue weighted by atomic mass is 9.85. The van der Waals surface area contributed by atoms with Crippen LogP contribution >= 0.6 is 0 Å². The summed E-state index contributed by atoms with van der Waals surface area (Å²) in [6.07, 6.45) is 3.99. The van der Waals surface area contributed by atoms with E-state index in [4.69, 9.17) is 14.5 Å². The normalized spacial score (nSPS) is 18.0. The molecular formula is C24H24N2O2. The van der Waals surface area contributed by atoms with Gasteiger partial charge in [-0.25, -0.2) is 0 Å². The zero-order valence-corrected chi connectivity index (χ0v) is 16.3.